The summed E-state index contributed by atoms with van der Waals surface area (Å²) < 4.78 is 5.87. The third-order valence-corrected chi connectivity index (χ3v) is 3.81. The van der Waals surface area contributed by atoms with Gasteiger partial charge >= 0.3 is 6.09 Å². The molecule has 0 atom stereocenters. The summed E-state index contributed by atoms with van der Waals surface area (Å²) in [6, 6.07) is 6.34. The van der Waals surface area contributed by atoms with E-state index in [4.69, 9.17) is 4.74 Å². The highest BCUT2D eigenvalue weighted by atomic mass is 79.9. The number of hydrogen-bond acceptors (Lipinski definition) is 4. The summed E-state index contributed by atoms with van der Waals surface area (Å²) in [7, 11) is 0. The van der Waals surface area contributed by atoms with Gasteiger partial charge in [-0.25, -0.2) is 9.78 Å². The minimum atomic E-state index is -0.195. The molecule has 2 rings (SSSR count). The Morgan fingerprint density at radius 2 is 2.25 bits per heavy atom. The molecule has 0 aromatic carbocycles. The number of likely N-dealkylation sites (tertiary alicyclic amines) is 1. The van der Waals surface area contributed by atoms with Gasteiger partial charge in [0.15, 0.2) is 0 Å². The van der Waals surface area contributed by atoms with Crippen LogP contribution in [0.1, 0.15) is 25.5 Å². The summed E-state index contributed by atoms with van der Waals surface area (Å²) in [5.41, 5.74) is 1.02. The van der Waals surface area contributed by atoms with Gasteiger partial charge in [-0.3, -0.25) is 0 Å². The van der Waals surface area contributed by atoms with Crippen molar-refractivity contribution in [3.63, 3.8) is 0 Å². The second kappa shape index (κ2) is 7.59. The van der Waals surface area contributed by atoms with Crippen molar-refractivity contribution in [3.05, 3.63) is 28.5 Å². The Labute approximate surface area is 127 Å². The van der Waals surface area contributed by atoms with E-state index in [2.05, 4.69) is 26.2 Å². The smallest absolute Gasteiger partial charge is 0.409 e. The van der Waals surface area contributed by atoms with E-state index >= 15 is 0 Å². The molecule has 20 heavy (non-hydrogen) atoms. The second-order valence-electron chi connectivity index (χ2n) is 4.79. The third-order valence-electron chi connectivity index (χ3n) is 3.37. The first-order valence-corrected chi connectivity index (χ1v) is 7.75. The normalized spacial score (nSPS) is 16.2. The standard InChI is InChI=1S/C14H20BrN3O2/c1-2-20-14(19)18-8-6-11(7-9-18)16-10-12-4-3-5-13(15)17-12/h3-5,11,16H,2,6-10H2,1H3. The number of amides is 1. The van der Waals surface area contributed by atoms with Crippen LogP contribution in [-0.4, -0.2) is 41.7 Å². The molecule has 1 N–H and O–H groups in total. The molecule has 1 aliphatic heterocycles. The molecule has 1 amide bonds. The highest BCUT2D eigenvalue weighted by Crippen LogP contribution is 2.12. The van der Waals surface area contributed by atoms with E-state index in [0.29, 0.717) is 12.6 Å². The lowest BCUT2D eigenvalue weighted by Crippen LogP contribution is -2.45. The third kappa shape index (κ3) is 4.45. The summed E-state index contributed by atoms with van der Waals surface area (Å²) in [6.45, 7) is 4.52. The fraction of sp³-hybridized carbons (Fsp3) is 0.571. The molecular weight excluding hydrogens is 322 g/mol. The first kappa shape index (κ1) is 15.3. The van der Waals surface area contributed by atoms with Crippen LogP contribution in [0.3, 0.4) is 0 Å². The zero-order chi connectivity index (χ0) is 14.4. The van der Waals surface area contributed by atoms with E-state index in [-0.39, 0.29) is 6.09 Å². The van der Waals surface area contributed by atoms with Crippen LogP contribution in [0.15, 0.2) is 22.8 Å². The summed E-state index contributed by atoms with van der Waals surface area (Å²) >= 11 is 3.37. The van der Waals surface area contributed by atoms with Crippen LogP contribution in [0, 0.1) is 0 Å². The van der Waals surface area contributed by atoms with Crippen LogP contribution >= 0.6 is 15.9 Å². The molecule has 0 radical (unpaired) electrons. The van der Waals surface area contributed by atoms with E-state index in [1.54, 1.807) is 4.90 Å². The zero-order valence-electron chi connectivity index (χ0n) is 11.6. The van der Waals surface area contributed by atoms with E-state index in [1.165, 1.54) is 0 Å². The number of pyridine rings is 1. The van der Waals surface area contributed by atoms with Gasteiger partial charge in [0.1, 0.15) is 4.60 Å². The van der Waals surface area contributed by atoms with Crippen molar-refractivity contribution >= 4 is 22.0 Å². The van der Waals surface area contributed by atoms with Gasteiger partial charge in [0.2, 0.25) is 0 Å². The van der Waals surface area contributed by atoms with Crippen molar-refractivity contribution in [2.24, 2.45) is 0 Å². The number of hydrogen-bond donors (Lipinski definition) is 1. The first-order chi connectivity index (χ1) is 9.69. The van der Waals surface area contributed by atoms with Crippen LogP contribution in [0.4, 0.5) is 4.79 Å². The van der Waals surface area contributed by atoms with E-state index in [0.717, 1.165) is 42.8 Å². The summed E-state index contributed by atoms with van der Waals surface area (Å²) in [5.74, 6) is 0. The maximum Gasteiger partial charge on any atom is 0.409 e. The van der Waals surface area contributed by atoms with Crippen LogP contribution < -0.4 is 5.32 Å². The molecule has 0 aliphatic carbocycles. The summed E-state index contributed by atoms with van der Waals surface area (Å²) in [5, 5.41) is 3.49. The molecule has 0 spiro atoms. The van der Waals surface area contributed by atoms with Crippen molar-refractivity contribution in [2.45, 2.75) is 32.4 Å². The van der Waals surface area contributed by atoms with Crippen LogP contribution in [0.5, 0.6) is 0 Å². The van der Waals surface area contributed by atoms with Crippen molar-refractivity contribution in [1.29, 1.82) is 0 Å². The second-order valence-corrected chi connectivity index (χ2v) is 5.61. The van der Waals surface area contributed by atoms with Gasteiger partial charge in [-0.15, -0.1) is 0 Å². The SMILES string of the molecule is CCOC(=O)N1CCC(NCc2cccc(Br)n2)CC1. The average molecular weight is 342 g/mol. The fourth-order valence-electron chi connectivity index (χ4n) is 2.28. The van der Waals surface area contributed by atoms with Crippen molar-refractivity contribution in [3.8, 4) is 0 Å². The highest BCUT2D eigenvalue weighted by molar-refractivity contribution is 9.10. The van der Waals surface area contributed by atoms with Crippen molar-refractivity contribution in [2.75, 3.05) is 19.7 Å². The lowest BCUT2D eigenvalue weighted by molar-refractivity contribution is 0.0949. The number of piperidine rings is 1. The Bertz CT molecular complexity index is 448. The van der Waals surface area contributed by atoms with Gasteiger partial charge in [0.05, 0.1) is 12.3 Å². The molecule has 6 heteroatoms. The fourth-order valence-corrected chi connectivity index (χ4v) is 2.66. The van der Waals surface area contributed by atoms with E-state index in [9.17, 15) is 4.79 Å². The topological polar surface area (TPSA) is 54.5 Å². The lowest BCUT2D eigenvalue weighted by Gasteiger charge is -2.31. The Morgan fingerprint density at radius 3 is 2.90 bits per heavy atom. The van der Waals surface area contributed by atoms with Gasteiger partial charge in [-0.05, 0) is 47.8 Å². The molecule has 1 aromatic rings. The lowest BCUT2D eigenvalue weighted by atomic mass is 10.1. The number of carbonyl (C=O) groups excluding carboxylic acids is 1. The Balaban J connectivity index is 1.73. The van der Waals surface area contributed by atoms with Gasteiger partial charge in [0, 0.05) is 25.7 Å². The van der Waals surface area contributed by atoms with Crippen molar-refractivity contribution < 1.29 is 9.53 Å². The Hall–Kier alpha value is -1.14. The maximum atomic E-state index is 11.6. The average Bonchev–Trinajstić information content (AvgIpc) is 2.46. The quantitative estimate of drug-likeness (QED) is 0.855. The molecule has 0 bridgehead atoms. The van der Waals surface area contributed by atoms with Gasteiger partial charge in [-0.2, -0.15) is 0 Å². The number of carbonyl (C=O) groups is 1. The molecule has 1 saturated heterocycles. The number of nitrogens with zero attached hydrogens (tertiary/aromatic N) is 2. The van der Waals surface area contributed by atoms with Gasteiger partial charge in [-0.1, -0.05) is 6.07 Å². The number of aromatic nitrogens is 1. The van der Waals surface area contributed by atoms with Crippen molar-refractivity contribution in [1.82, 2.24) is 15.2 Å². The highest BCUT2D eigenvalue weighted by Gasteiger charge is 2.23. The minimum Gasteiger partial charge on any atom is -0.450 e. The minimum absolute atomic E-state index is 0.195. The Kier molecular flexibility index (Phi) is 5.79. The monoisotopic (exact) mass is 341 g/mol. The first-order valence-electron chi connectivity index (χ1n) is 6.95. The molecule has 1 aromatic heterocycles. The largest absolute Gasteiger partial charge is 0.450 e. The predicted molar refractivity (Wildman–Crippen MR) is 80.4 cm³/mol. The summed E-state index contributed by atoms with van der Waals surface area (Å²) in [4.78, 5) is 17.8. The molecule has 2 heterocycles. The van der Waals surface area contributed by atoms with Gasteiger partial charge < -0.3 is 15.0 Å². The van der Waals surface area contributed by atoms with E-state index in [1.807, 2.05) is 25.1 Å². The number of ether oxygens (including phenoxy) is 1. The summed E-state index contributed by atoms with van der Waals surface area (Å²) in [6.07, 6.45) is 1.71. The molecule has 0 unspecified atom stereocenters. The number of nitrogens with one attached hydrogen (secondary N) is 1. The predicted octanol–water partition coefficient (Wildman–Crippen LogP) is 2.55. The zero-order valence-corrected chi connectivity index (χ0v) is 13.2. The molecule has 0 saturated carbocycles. The van der Waals surface area contributed by atoms with Crippen LogP contribution in [-0.2, 0) is 11.3 Å². The molecule has 1 fully saturated rings. The number of halogens is 1. The van der Waals surface area contributed by atoms with Gasteiger partial charge in [0.25, 0.3) is 0 Å². The van der Waals surface area contributed by atoms with Crippen LogP contribution in [0.25, 0.3) is 0 Å². The molecule has 5 nitrogen and oxygen atoms in total. The van der Waals surface area contributed by atoms with E-state index < -0.39 is 0 Å². The Morgan fingerprint density at radius 1 is 1.50 bits per heavy atom. The number of rotatable bonds is 4. The maximum absolute atomic E-state index is 11.6. The molecule has 110 valence electrons. The van der Waals surface area contributed by atoms with Crippen LogP contribution in [0.2, 0.25) is 0 Å². The molecule has 1 aliphatic rings. The molecular formula is C14H20BrN3O2.